The molecule has 1 aliphatic heterocycles. The zero-order valence-corrected chi connectivity index (χ0v) is 11.9. The summed E-state index contributed by atoms with van der Waals surface area (Å²) in [5, 5.41) is 3.25. The van der Waals surface area contributed by atoms with Crippen molar-refractivity contribution in [2.24, 2.45) is 0 Å². The van der Waals surface area contributed by atoms with Gasteiger partial charge >= 0.3 is 0 Å². The third kappa shape index (κ3) is 2.12. The molecule has 3 heterocycles. The summed E-state index contributed by atoms with van der Waals surface area (Å²) in [4.78, 5) is 13.2. The van der Waals surface area contributed by atoms with Crippen molar-refractivity contribution in [3.8, 4) is 11.5 Å². The van der Waals surface area contributed by atoms with Gasteiger partial charge in [0.05, 0.1) is 5.69 Å². The number of fused-ring (bicyclic) bond motifs is 1. The molecule has 0 fully saturated rings. The smallest absolute Gasteiger partial charge is 0.179 e. The van der Waals surface area contributed by atoms with Gasteiger partial charge < -0.3 is 5.32 Å². The fourth-order valence-electron chi connectivity index (χ4n) is 1.75. The lowest BCUT2D eigenvalue weighted by molar-refractivity contribution is 0.758. The summed E-state index contributed by atoms with van der Waals surface area (Å²) in [6.07, 6.45) is 3.61. The molecule has 1 N–H and O–H groups in total. The molecule has 2 aromatic heterocycles. The average Bonchev–Trinajstić information content (AvgIpc) is 2.75. The lowest BCUT2D eigenvalue weighted by Gasteiger charge is -2.04. The molecule has 0 bridgehead atoms. The van der Waals surface area contributed by atoms with Crippen LogP contribution in [0.5, 0.6) is 0 Å². The van der Waals surface area contributed by atoms with Crippen LogP contribution in [0.4, 0.5) is 0 Å². The molecule has 0 amide bonds. The number of hydrogen-bond acceptors (Lipinski definition) is 4. The van der Waals surface area contributed by atoms with E-state index in [-0.39, 0.29) is 0 Å². The Morgan fingerprint density at radius 1 is 1.12 bits per heavy atom. The van der Waals surface area contributed by atoms with Crippen LogP contribution < -0.4 is 5.32 Å². The van der Waals surface area contributed by atoms with Gasteiger partial charge in [-0.2, -0.15) is 0 Å². The molecule has 0 atom stereocenters. The molecule has 0 aliphatic carbocycles. The molecular weight excluding hydrogens is 348 g/mol. The minimum absolute atomic E-state index is 0.659. The maximum absolute atomic E-state index is 4.53. The van der Waals surface area contributed by atoms with Gasteiger partial charge in [-0.25, -0.2) is 9.97 Å². The number of pyridine rings is 1. The highest BCUT2D eigenvalue weighted by Gasteiger charge is 2.15. The number of rotatable bonds is 1. The Hall–Kier alpha value is -0.850. The summed E-state index contributed by atoms with van der Waals surface area (Å²) >= 11 is 6.85. The van der Waals surface area contributed by atoms with Gasteiger partial charge in [-0.05, 0) is 37.9 Å². The molecule has 6 heteroatoms. The van der Waals surface area contributed by atoms with E-state index in [4.69, 9.17) is 0 Å². The molecule has 3 rings (SSSR count). The minimum Gasteiger partial charge on any atom is -0.307 e. The largest absolute Gasteiger partial charge is 0.307 e. The molecule has 0 saturated carbocycles. The SMILES string of the molecule is Brc1cnc(-c2ncc3c(n2)CNC3)c(Br)c1. The van der Waals surface area contributed by atoms with E-state index in [1.165, 1.54) is 5.56 Å². The Morgan fingerprint density at radius 2 is 2.00 bits per heavy atom. The molecule has 2 aromatic rings. The normalized spacial score (nSPS) is 13.8. The van der Waals surface area contributed by atoms with Crippen LogP contribution in [-0.4, -0.2) is 15.0 Å². The van der Waals surface area contributed by atoms with Crippen LogP contribution in [0.15, 0.2) is 27.4 Å². The van der Waals surface area contributed by atoms with Crippen LogP contribution in [0.3, 0.4) is 0 Å². The van der Waals surface area contributed by atoms with Crippen molar-refractivity contribution >= 4 is 31.9 Å². The van der Waals surface area contributed by atoms with Crippen molar-refractivity contribution in [1.82, 2.24) is 20.3 Å². The van der Waals surface area contributed by atoms with Crippen LogP contribution in [-0.2, 0) is 13.1 Å². The van der Waals surface area contributed by atoms with E-state index in [1.807, 2.05) is 12.3 Å². The lowest BCUT2D eigenvalue weighted by atomic mass is 10.2. The van der Waals surface area contributed by atoms with Crippen LogP contribution in [0.1, 0.15) is 11.3 Å². The molecule has 0 aromatic carbocycles. The summed E-state index contributed by atoms with van der Waals surface area (Å²) in [6.45, 7) is 1.66. The Balaban J connectivity index is 2.09. The Morgan fingerprint density at radius 3 is 2.82 bits per heavy atom. The fraction of sp³-hybridized carbons (Fsp3) is 0.182. The van der Waals surface area contributed by atoms with Crippen LogP contribution in [0.2, 0.25) is 0 Å². The molecule has 1 aliphatic rings. The highest BCUT2D eigenvalue weighted by atomic mass is 79.9. The van der Waals surface area contributed by atoms with Crippen LogP contribution in [0.25, 0.3) is 11.5 Å². The Labute approximate surface area is 115 Å². The number of nitrogens with one attached hydrogen (secondary N) is 1. The second-order valence-corrected chi connectivity index (χ2v) is 5.52. The molecule has 0 spiro atoms. The van der Waals surface area contributed by atoms with Crippen molar-refractivity contribution in [1.29, 1.82) is 0 Å². The maximum atomic E-state index is 4.53. The summed E-state index contributed by atoms with van der Waals surface area (Å²) in [7, 11) is 0. The fourth-order valence-corrected chi connectivity index (χ4v) is 2.92. The Bertz CT molecular complexity index is 586. The first-order valence-corrected chi connectivity index (χ1v) is 6.69. The first-order valence-electron chi connectivity index (χ1n) is 5.11. The van der Waals surface area contributed by atoms with Gasteiger partial charge in [-0.1, -0.05) is 0 Å². The first-order chi connectivity index (χ1) is 8.24. The van der Waals surface area contributed by atoms with Crippen molar-refractivity contribution < 1.29 is 0 Å². The molecule has 86 valence electrons. The van der Waals surface area contributed by atoms with Crippen LogP contribution >= 0.6 is 31.9 Å². The van der Waals surface area contributed by atoms with Crippen molar-refractivity contribution in [3.63, 3.8) is 0 Å². The van der Waals surface area contributed by atoms with Crippen molar-refractivity contribution in [3.05, 3.63) is 38.7 Å². The first kappa shape index (κ1) is 11.3. The van der Waals surface area contributed by atoms with E-state index in [0.717, 1.165) is 33.4 Å². The molecule has 17 heavy (non-hydrogen) atoms. The quantitative estimate of drug-likeness (QED) is 0.854. The van der Waals surface area contributed by atoms with Crippen molar-refractivity contribution in [2.45, 2.75) is 13.1 Å². The van der Waals surface area contributed by atoms with Crippen LogP contribution in [0, 0.1) is 0 Å². The van der Waals surface area contributed by atoms with E-state index < -0.39 is 0 Å². The monoisotopic (exact) mass is 354 g/mol. The van der Waals surface area contributed by atoms with Gasteiger partial charge in [0.2, 0.25) is 0 Å². The predicted molar refractivity (Wildman–Crippen MR) is 71.2 cm³/mol. The van der Waals surface area contributed by atoms with E-state index in [9.17, 15) is 0 Å². The lowest BCUT2D eigenvalue weighted by Crippen LogP contribution is -2.00. The topological polar surface area (TPSA) is 50.7 Å². The number of halogens is 2. The molecule has 4 nitrogen and oxygen atoms in total. The van der Waals surface area contributed by atoms with E-state index in [1.54, 1.807) is 6.20 Å². The summed E-state index contributed by atoms with van der Waals surface area (Å²) < 4.78 is 1.81. The van der Waals surface area contributed by atoms with Crippen molar-refractivity contribution in [2.75, 3.05) is 0 Å². The van der Waals surface area contributed by atoms with Gasteiger partial charge in [0.15, 0.2) is 5.82 Å². The number of nitrogens with zero attached hydrogens (tertiary/aromatic N) is 3. The summed E-state index contributed by atoms with van der Waals surface area (Å²) in [6, 6.07) is 1.94. The maximum Gasteiger partial charge on any atom is 0.179 e. The molecular formula is C11H8Br2N4. The third-order valence-corrected chi connectivity index (χ3v) is 3.62. The van der Waals surface area contributed by atoms with E-state index >= 15 is 0 Å². The van der Waals surface area contributed by atoms with E-state index in [2.05, 4.69) is 52.1 Å². The highest BCUT2D eigenvalue weighted by Crippen LogP contribution is 2.27. The molecule has 0 unspecified atom stereocenters. The molecule has 0 saturated heterocycles. The number of aromatic nitrogens is 3. The number of hydrogen-bond donors (Lipinski definition) is 1. The second-order valence-electron chi connectivity index (χ2n) is 3.75. The zero-order chi connectivity index (χ0) is 11.8. The molecule has 0 radical (unpaired) electrons. The summed E-state index contributed by atoms with van der Waals surface area (Å²) in [5.41, 5.74) is 3.00. The van der Waals surface area contributed by atoms with Gasteiger partial charge in [0.1, 0.15) is 5.69 Å². The Kier molecular flexibility index (Phi) is 2.94. The summed E-state index contributed by atoms with van der Waals surface area (Å²) in [5.74, 6) is 0.659. The third-order valence-electron chi connectivity index (χ3n) is 2.58. The average molecular weight is 356 g/mol. The highest BCUT2D eigenvalue weighted by molar-refractivity contribution is 9.11. The van der Waals surface area contributed by atoms with Gasteiger partial charge in [-0.3, -0.25) is 4.98 Å². The van der Waals surface area contributed by atoms with Gasteiger partial charge in [0.25, 0.3) is 0 Å². The van der Waals surface area contributed by atoms with E-state index in [0.29, 0.717) is 5.82 Å². The van der Waals surface area contributed by atoms with Gasteiger partial charge in [-0.15, -0.1) is 0 Å². The standard InChI is InChI=1S/C11H8Br2N4/c12-7-1-8(13)10(15-4-7)11-16-3-6-2-14-5-9(6)17-11/h1,3-4,14H,2,5H2. The minimum atomic E-state index is 0.659. The predicted octanol–water partition coefficient (Wildman–Crippen LogP) is 2.67. The van der Waals surface area contributed by atoms with Gasteiger partial charge in [0, 0.05) is 40.0 Å². The second kappa shape index (κ2) is 4.44. The zero-order valence-electron chi connectivity index (χ0n) is 8.74.